The number of alkyl halides is 2. The molecule has 0 radical (unpaired) electrons. The van der Waals surface area contributed by atoms with Gasteiger partial charge < -0.3 is 20.9 Å². The number of ether oxygens (including phenoxy) is 1. The van der Waals surface area contributed by atoms with Gasteiger partial charge in [0.1, 0.15) is 12.7 Å². The number of halogens is 2. The smallest absolute Gasteiger partial charge is 0.306 e. The third-order valence-electron chi connectivity index (χ3n) is 6.68. The van der Waals surface area contributed by atoms with Crippen molar-refractivity contribution in [3.8, 4) is 0 Å². The van der Waals surface area contributed by atoms with Crippen LogP contribution in [-0.4, -0.2) is 35.1 Å². The molecular weight excluding hydrogens is 502 g/mol. The molecule has 0 bridgehead atoms. The van der Waals surface area contributed by atoms with E-state index in [1.165, 1.54) is 0 Å². The molecule has 39 heavy (non-hydrogen) atoms. The largest absolute Gasteiger partial charge is 0.461 e. The van der Waals surface area contributed by atoms with Crippen molar-refractivity contribution in [1.82, 2.24) is 5.32 Å². The summed E-state index contributed by atoms with van der Waals surface area (Å²) in [6.45, 7) is 1.74. The van der Waals surface area contributed by atoms with Crippen molar-refractivity contribution in [2.75, 3.05) is 0 Å². The maximum absolute atomic E-state index is 15.2. The Morgan fingerprint density at radius 3 is 2.05 bits per heavy atom. The van der Waals surface area contributed by atoms with Crippen LogP contribution in [-0.2, 0) is 27.4 Å². The molecular formula is C31H36F2N2O4. The Bertz CT molecular complexity index is 1160. The lowest BCUT2D eigenvalue weighted by Gasteiger charge is -2.29. The number of aliphatic hydroxyl groups excluding tert-OH is 1. The van der Waals surface area contributed by atoms with Gasteiger partial charge in [-0.25, -0.2) is 8.78 Å². The van der Waals surface area contributed by atoms with Crippen molar-refractivity contribution in [2.45, 2.75) is 63.3 Å². The summed E-state index contributed by atoms with van der Waals surface area (Å²) in [5.41, 5.74) is 8.26. The van der Waals surface area contributed by atoms with E-state index in [0.29, 0.717) is 12.0 Å². The van der Waals surface area contributed by atoms with Gasteiger partial charge in [-0.3, -0.25) is 9.59 Å². The molecule has 0 saturated carbocycles. The van der Waals surface area contributed by atoms with Gasteiger partial charge in [0.15, 0.2) is 0 Å². The number of aliphatic hydroxyl groups is 1. The zero-order valence-corrected chi connectivity index (χ0v) is 22.0. The highest BCUT2D eigenvalue weighted by Crippen LogP contribution is 2.33. The lowest BCUT2D eigenvalue weighted by Crippen LogP contribution is -2.48. The molecule has 3 aromatic carbocycles. The van der Waals surface area contributed by atoms with E-state index in [9.17, 15) is 14.7 Å². The maximum atomic E-state index is 15.2. The van der Waals surface area contributed by atoms with E-state index in [1.807, 2.05) is 60.7 Å². The van der Waals surface area contributed by atoms with E-state index in [1.54, 1.807) is 37.3 Å². The van der Waals surface area contributed by atoms with Crippen LogP contribution in [0.15, 0.2) is 91.0 Å². The summed E-state index contributed by atoms with van der Waals surface area (Å²) in [7, 11) is 0. The van der Waals surface area contributed by atoms with Crippen LogP contribution in [0.5, 0.6) is 0 Å². The van der Waals surface area contributed by atoms with E-state index in [-0.39, 0.29) is 19.4 Å². The van der Waals surface area contributed by atoms with Gasteiger partial charge in [0.2, 0.25) is 5.91 Å². The lowest BCUT2D eigenvalue weighted by molar-refractivity contribution is -0.146. The third-order valence-corrected chi connectivity index (χ3v) is 6.68. The highest BCUT2D eigenvalue weighted by atomic mass is 19.3. The first-order valence-corrected chi connectivity index (χ1v) is 13.1. The SMILES string of the molecule is CC(CC(=O)OCc1ccccc1)[C@H](N)C(=O)NC(CC(F)(F)C(O)CCc1ccccc1)c1ccccc1. The molecule has 0 aliphatic heterocycles. The number of aryl methyl sites for hydroxylation is 1. The number of carbonyl (C=O) groups is 2. The van der Waals surface area contributed by atoms with Crippen LogP contribution in [0.25, 0.3) is 0 Å². The average Bonchev–Trinajstić information content (AvgIpc) is 2.95. The van der Waals surface area contributed by atoms with Crippen LogP contribution in [0, 0.1) is 5.92 Å². The highest BCUT2D eigenvalue weighted by Gasteiger charge is 2.41. The standard InChI is InChI=1S/C31H36F2N2O4/c1-22(19-28(37)39-21-24-13-7-3-8-14-24)29(34)30(38)35-26(25-15-9-4-10-16-25)20-31(32,33)27(36)18-17-23-11-5-2-6-12-23/h2-16,22,26-27,29,36H,17-21,34H2,1H3,(H,35,38)/t22?,26?,27?,29-/m0/s1. The van der Waals surface area contributed by atoms with Crippen molar-refractivity contribution in [1.29, 1.82) is 0 Å². The first kappa shape index (κ1) is 29.9. The first-order chi connectivity index (χ1) is 18.7. The van der Waals surface area contributed by atoms with Crippen LogP contribution in [0.1, 0.15) is 48.9 Å². The molecule has 0 spiro atoms. The molecule has 4 atom stereocenters. The second-order valence-corrected chi connectivity index (χ2v) is 9.83. The molecule has 8 heteroatoms. The van der Waals surface area contributed by atoms with Crippen molar-refractivity contribution in [3.63, 3.8) is 0 Å². The molecule has 0 heterocycles. The summed E-state index contributed by atoms with van der Waals surface area (Å²) >= 11 is 0. The highest BCUT2D eigenvalue weighted by molar-refractivity contribution is 5.83. The molecule has 208 valence electrons. The number of esters is 1. The Hall–Kier alpha value is -3.62. The number of carbonyl (C=O) groups excluding carboxylic acids is 2. The van der Waals surface area contributed by atoms with Gasteiger partial charge in [-0.2, -0.15) is 0 Å². The summed E-state index contributed by atoms with van der Waals surface area (Å²) < 4.78 is 35.6. The molecule has 0 aliphatic rings. The molecule has 3 aromatic rings. The molecule has 1 amide bonds. The van der Waals surface area contributed by atoms with Gasteiger partial charge in [0, 0.05) is 6.42 Å². The van der Waals surface area contributed by atoms with Gasteiger partial charge in [-0.15, -0.1) is 0 Å². The Morgan fingerprint density at radius 1 is 0.923 bits per heavy atom. The molecule has 0 aromatic heterocycles. The molecule has 4 N–H and O–H groups in total. The average molecular weight is 539 g/mol. The van der Waals surface area contributed by atoms with Crippen LogP contribution < -0.4 is 11.1 Å². The maximum Gasteiger partial charge on any atom is 0.306 e. The fraction of sp³-hybridized carbons (Fsp3) is 0.355. The van der Waals surface area contributed by atoms with E-state index < -0.39 is 48.3 Å². The van der Waals surface area contributed by atoms with Crippen molar-refractivity contribution in [3.05, 3.63) is 108 Å². The first-order valence-electron chi connectivity index (χ1n) is 13.1. The van der Waals surface area contributed by atoms with E-state index >= 15 is 8.78 Å². The fourth-order valence-electron chi connectivity index (χ4n) is 4.22. The lowest BCUT2D eigenvalue weighted by atomic mass is 9.93. The number of rotatable bonds is 14. The summed E-state index contributed by atoms with van der Waals surface area (Å²) in [6.07, 6.45) is -2.64. The number of amides is 1. The van der Waals surface area contributed by atoms with Gasteiger partial charge >= 0.3 is 5.97 Å². The molecule has 0 fully saturated rings. The normalized spacial score (nSPS) is 14.6. The zero-order valence-electron chi connectivity index (χ0n) is 22.0. The van der Waals surface area contributed by atoms with E-state index in [4.69, 9.17) is 10.5 Å². The molecule has 3 rings (SSSR count). The Morgan fingerprint density at radius 2 is 1.46 bits per heavy atom. The quantitative estimate of drug-likeness (QED) is 0.252. The van der Waals surface area contributed by atoms with Crippen molar-refractivity contribution < 1.29 is 28.2 Å². The predicted octanol–water partition coefficient (Wildman–Crippen LogP) is 4.96. The molecule has 6 nitrogen and oxygen atoms in total. The molecule has 0 saturated heterocycles. The Balaban J connectivity index is 1.60. The summed E-state index contributed by atoms with van der Waals surface area (Å²) in [6, 6.07) is 24.4. The minimum absolute atomic E-state index is 0.103. The second-order valence-electron chi connectivity index (χ2n) is 9.83. The Kier molecular flexibility index (Phi) is 11.1. The van der Waals surface area contributed by atoms with Gasteiger partial charge in [0.05, 0.1) is 18.5 Å². The topological polar surface area (TPSA) is 102 Å². The predicted molar refractivity (Wildman–Crippen MR) is 146 cm³/mol. The fourth-order valence-corrected chi connectivity index (χ4v) is 4.22. The third kappa shape index (κ3) is 9.57. The zero-order chi connectivity index (χ0) is 28.3. The van der Waals surface area contributed by atoms with Crippen LogP contribution in [0.3, 0.4) is 0 Å². The van der Waals surface area contributed by atoms with E-state index in [0.717, 1.165) is 11.1 Å². The Labute approximate surface area is 228 Å². The van der Waals surface area contributed by atoms with Gasteiger partial charge in [-0.05, 0) is 35.4 Å². The number of benzene rings is 3. The number of nitrogens with one attached hydrogen (secondary N) is 1. The molecule has 3 unspecified atom stereocenters. The second kappa shape index (κ2) is 14.5. The van der Waals surface area contributed by atoms with Gasteiger partial charge in [-0.1, -0.05) is 97.9 Å². The van der Waals surface area contributed by atoms with Crippen LogP contribution in [0.4, 0.5) is 8.78 Å². The van der Waals surface area contributed by atoms with Crippen LogP contribution >= 0.6 is 0 Å². The monoisotopic (exact) mass is 538 g/mol. The summed E-state index contributed by atoms with van der Waals surface area (Å²) in [5.74, 6) is -5.25. The van der Waals surface area contributed by atoms with Crippen molar-refractivity contribution in [2.24, 2.45) is 11.7 Å². The molecule has 0 aliphatic carbocycles. The van der Waals surface area contributed by atoms with E-state index in [2.05, 4.69) is 5.32 Å². The summed E-state index contributed by atoms with van der Waals surface area (Å²) in [4.78, 5) is 25.3. The number of hydrogen-bond donors (Lipinski definition) is 3. The van der Waals surface area contributed by atoms with Crippen molar-refractivity contribution >= 4 is 11.9 Å². The number of hydrogen-bond acceptors (Lipinski definition) is 5. The summed E-state index contributed by atoms with van der Waals surface area (Å²) in [5, 5.41) is 13.0. The minimum atomic E-state index is -3.47. The van der Waals surface area contributed by atoms with Gasteiger partial charge in [0.25, 0.3) is 5.92 Å². The van der Waals surface area contributed by atoms with Crippen LogP contribution in [0.2, 0.25) is 0 Å². The number of nitrogens with two attached hydrogens (primary N) is 1. The minimum Gasteiger partial charge on any atom is -0.461 e.